The number of amides is 2. The minimum absolute atomic E-state index is 0.115. The van der Waals surface area contributed by atoms with Gasteiger partial charge in [-0.05, 0) is 29.2 Å². The van der Waals surface area contributed by atoms with Crippen molar-refractivity contribution in [2.75, 3.05) is 19.6 Å². The lowest BCUT2D eigenvalue weighted by Crippen LogP contribution is -2.31. The van der Waals surface area contributed by atoms with Gasteiger partial charge in [-0.25, -0.2) is 5.84 Å². The lowest BCUT2D eigenvalue weighted by molar-refractivity contribution is 0.0951. The minimum Gasteiger partial charge on any atom is -0.352 e. The molecule has 0 unspecified atom stereocenters. The lowest BCUT2D eigenvalue weighted by Gasteiger charge is -2.18. The van der Waals surface area contributed by atoms with Crippen molar-refractivity contribution in [3.63, 3.8) is 0 Å². The summed E-state index contributed by atoms with van der Waals surface area (Å²) in [7, 11) is 0. The van der Waals surface area contributed by atoms with Crippen LogP contribution >= 0.6 is 0 Å². The molecule has 6 heteroatoms. The number of rotatable bonds is 3. The number of likely N-dealkylation sites (tertiary alicyclic amines) is 1. The van der Waals surface area contributed by atoms with Crippen LogP contribution in [0.4, 0.5) is 0 Å². The molecule has 134 valence electrons. The van der Waals surface area contributed by atoms with Gasteiger partial charge in [-0.15, -0.1) is 0 Å². The van der Waals surface area contributed by atoms with Gasteiger partial charge in [0.25, 0.3) is 11.8 Å². The van der Waals surface area contributed by atoms with Crippen LogP contribution in [0.3, 0.4) is 0 Å². The zero-order valence-electron chi connectivity index (χ0n) is 14.4. The van der Waals surface area contributed by atoms with E-state index in [0.29, 0.717) is 23.6 Å². The molecule has 0 spiro atoms. The summed E-state index contributed by atoms with van der Waals surface area (Å²) in [6.07, 6.45) is 0. The Hall–Kier alpha value is -2.70. The fourth-order valence-corrected chi connectivity index (χ4v) is 4.11. The second-order valence-electron chi connectivity index (χ2n) is 7.03. The van der Waals surface area contributed by atoms with E-state index >= 15 is 0 Å². The fraction of sp³-hybridized carbons (Fsp3) is 0.300. The molecule has 0 bridgehead atoms. The van der Waals surface area contributed by atoms with Crippen molar-refractivity contribution in [3.8, 4) is 0 Å². The first-order chi connectivity index (χ1) is 12.7. The highest BCUT2D eigenvalue weighted by Crippen LogP contribution is 2.37. The number of carbonyl (C=O) groups excluding carboxylic acids is 2. The molecule has 1 fully saturated rings. The SMILES string of the molecule is NNC(=O)c1ccc2c(c1)C(=O)NC[C@@H]1CN(Cc3ccccc3)C[C@@H]21. The summed E-state index contributed by atoms with van der Waals surface area (Å²) in [5, 5.41) is 3.01. The molecule has 1 saturated heterocycles. The Morgan fingerprint density at radius 2 is 2.00 bits per heavy atom. The fourth-order valence-electron chi connectivity index (χ4n) is 4.11. The second-order valence-corrected chi connectivity index (χ2v) is 7.03. The van der Waals surface area contributed by atoms with Gasteiger partial charge >= 0.3 is 0 Å². The standard InChI is InChI=1S/C20H22N4O2/c21-23-19(25)14-6-7-16-17(8-14)20(26)22-9-15-11-24(12-18(15)16)10-13-4-2-1-3-5-13/h1-8,15,18H,9-12,21H2,(H,22,26)(H,23,25)/t15-,18-/m1/s1. The Kier molecular flexibility index (Phi) is 4.44. The van der Waals surface area contributed by atoms with Crippen LogP contribution in [0.5, 0.6) is 0 Å². The van der Waals surface area contributed by atoms with Crippen molar-refractivity contribution < 1.29 is 9.59 Å². The highest BCUT2D eigenvalue weighted by atomic mass is 16.2. The molecule has 2 aromatic rings. The third kappa shape index (κ3) is 3.09. The first kappa shape index (κ1) is 16.8. The van der Waals surface area contributed by atoms with Gasteiger partial charge in [-0.1, -0.05) is 36.4 Å². The summed E-state index contributed by atoms with van der Waals surface area (Å²) >= 11 is 0. The van der Waals surface area contributed by atoms with Crippen LogP contribution in [0.15, 0.2) is 48.5 Å². The van der Waals surface area contributed by atoms with Gasteiger partial charge in [0, 0.05) is 43.2 Å². The van der Waals surface area contributed by atoms with Gasteiger partial charge in [0.15, 0.2) is 0 Å². The average Bonchev–Trinajstić information content (AvgIpc) is 3.02. The summed E-state index contributed by atoms with van der Waals surface area (Å²) in [6.45, 7) is 3.42. The molecule has 0 saturated carbocycles. The van der Waals surface area contributed by atoms with Gasteiger partial charge in [0.1, 0.15) is 0 Å². The van der Waals surface area contributed by atoms with E-state index in [9.17, 15) is 9.59 Å². The highest BCUT2D eigenvalue weighted by Gasteiger charge is 2.38. The van der Waals surface area contributed by atoms with Crippen molar-refractivity contribution in [1.82, 2.24) is 15.6 Å². The molecule has 26 heavy (non-hydrogen) atoms. The maximum atomic E-state index is 12.5. The zero-order valence-corrected chi connectivity index (χ0v) is 14.4. The van der Waals surface area contributed by atoms with Gasteiger partial charge in [-0.2, -0.15) is 0 Å². The number of hydrogen-bond donors (Lipinski definition) is 3. The number of fused-ring (bicyclic) bond motifs is 3. The van der Waals surface area contributed by atoms with Gasteiger partial charge < -0.3 is 5.32 Å². The molecule has 0 radical (unpaired) electrons. The van der Waals surface area contributed by atoms with Crippen LogP contribution in [-0.4, -0.2) is 36.3 Å². The van der Waals surface area contributed by atoms with E-state index in [-0.39, 0.29) is 11.8 Å². The quantitative estimate of drug-likeness (QED) is 0.442. The highest BCUT2D eigenvalue weighted by molar-refractivity contribution is 6.01. The number of nitrogens with one attached hydrogen (secondary N) is 2. The van der Waals surface area contributed by atoms with E-state index in [1.54, 1.807) is 12.1 Å². The lowest BCUT2D eigenvalue weighted by atomic mass is 9.86. The second kappa shape index (κ2) is 6.90. The van der Waals surface area contributed by atoms with Crippen molar-refractivity contribution in [1.29, 1.82) is 0 Å². The number of hydrazine groups is 1. The molecule has 2 aliphatic rings. The first-order valence-corrected chi connectivity index (χ1v) is 8.85. The monoisotopic (exact) mass is 350 g/mol. The number of carbonyl (C=O) groups is 2. The Morgan fingerprint density at radius 3 is 2.77 bits per heavy atom. The normalized spacial score (nSPS) is 22.1. The maximum Gasteiger partial charge on any atom is 0.265 e. The van der Waals surface area contributed by atoms with Crippen LogP contribution in [0.2, 0.25) is 0 Å². The Morgan fingerprint density at radius 1 is 1.19 bits per heavy atom. The van der Waals surface area contributed by atoms with E-state index in [2.05, 4.69) is 39.9 Å². The van der Waals surface area contributed by atoms with Gasteiger partial charge in [0.2, 0.25) is 0 Å². The van der Waals surface area contributed by atoms with Gasteiger partial charge in [-0.3, -0.25) is 19.9 Å². The molecule has 2 atom stereocenters. The first-order valence-electron chi connectivity index (χ1n) is 8.85. The topological polar surface area (TPSA) is 87.5 Å². The average molecular weight is 350 g/mol. The molecule has 2 amide bonds. The molecular formula is C20H22N4O2. The van der Waals surface area contributed by atoms with Crippen molar-refractivity contribution in [2.24, 2.45) is 11.8 Å². The molecule has 4 N–H and O–H groups in total. The van der Waals surface area contributed by atoms with Crippen molar-refractivity contribution in [3.05, 3.63) is 70.8 Å². The smallest absolute Gasteiger partial charge is 0.265 e. The Labute approximate surface area is 152 Å². The van der Waals surface area contributed by atoms with E-state index in [4.69, 9.17) is 5.84 Å². The predicted octanol–water partition coefficient (Wildman–Crippen LogP) is 1.25. The van der Waals surface area contributed by atoms with Crippen LogP contribution in [0.25, 0.3) is 0 Å². The minimum atomic E-state index is -0.390. The van der Waals surface area contributed by atoms with E-state index < -0.39 is 5.91 Å². The number of hydrogen-bond acceptors (Lipinski definition) is 4. The largest absolute Gasteiger partial charge is 0.352 e. The van der Waals surface area contributed by atoms with E-state index in [1.807, 2.05) is 12.1 Å². The summed E-state index contributed by atoms with van der Waals surface area (Å²) in [6, 6.07) is 15.7. The molecular weight excluding hydrogens is 328 g/mol. The van der Waals surface area contributed by atoms with Crippen molar-refractivity contribution in [2.45, 2.75) is 12.5 Å². The van der Waals surface area contributed by atoms with Crippen LogP contribution in [-0.2, 0) is 6.54 Å². The molecule has 0 aliphatic carbocycles. The van der Waals surface area contributed by atoms with Crippen LogP contribution in [0.1, 0.15) is 37.8 Å². The summed E-state index contributed by atoms with van der Waals surface area (Å²) in [5.41, 5.74) is 5.42. The maximum absolute atomic E-state index is 12.5. The Bertz CT molecular complexity index is 837. The van der Waals surface area contributed by atoms with E-state index in [0.717, 1.165) is 25.2 Å². The number of benzene rings is 2. The van der Waals surface area contributed by atoms with Crippen molar-refractivity contribution >= 4 is 11.8 Å². The molecule has 6 nitrogen and oxygen atoms in total. The molecule has 4 rings (SSSR count). The zero-order chi connectivity index (χ0) is 18.1. The predicted molar refractivity (Wildman–Crippen MR) is 98.4 cm³/mol. The molecule has 0 aromatic heterocycles. The van der Waals surface area contributed by atoms with Crippen LogP contribution < -0.4 is 16.6 Å². The number of nitrogens with zero attached hydrogens (tertiary/aromatic N) is 1. The molecule has 2 heterocycles. The van der Waals surface area contributed by atoms with Crippen LogP contribution in [0, 0.1) is 5.92 Å². The van der Waals surface area contributed by atoms with Gasteiger partial charge in [0.05, 0.1) is 0 Å². The van der Waals surface area contributed by atoms with E-state index in [1.165, 1.54) is 5.56 Å². The number of nitrogens with two attached hydrogens (primary N) is 1. The summed E-state index contributed by atoms with van der Waals surface area (Å²) in [4.78, 5) is 26.7. The molecule has 2 aliphatic heterocycles. The molecule has 2 aromatic carbocycles. The third-order valence-corrected chi connectivity index (χ3v) is 5.38. The Balaban J connectivity index is 1.61. The third-order valence-electron chi connectivity index (χ3n) is 5.38. The number of nitrogen functional groups attached to an aromatic ring is 1. The summed E-state index contributed by atoms with van der Waals surface area (Å²) < 4.78 is 0. The summed E-state index contributed by atoms with van der Waals surface area (Å²) in [5.74, 6) is 5.36.